The first-order valence-corrected chi connectivity index (χ1v) is 9.05. The molecule has 0 radical (unpaired) electrons. The molecule has 0 aliphatic carbocycles. The SMILES string of the molecule is CC(C)NC(=O)c1cccc(C(=O)N2CCN(c3ccccc3)CC2)c1. The van der Waals surface area contributed by atoms with E-state index in [0.717, 1.165) is 13.1 Å². The van der Waals surface area contributed by atoms with Gasteiger partial charge in [-0.15, -0.1) is 0 Å². The quantitative estimate of drug-likeness (QED) is 0.922. The van der Waals surface area contributed by atoms with Crippen LogP contribution in [0, 0.1) is 0 Å². The summed E-state index contributed by atoms with van der Waals surface area (Å²) in [5.41, 5.74) is 2.27. The standard InChI is InChI=1S/C21H25N3O2/c1-16(2)22-20(25)17-7-6-8-18(15-17)21(26)24-13-11-23(12-14-24)19-9-4-3-5-10-19/h3-10,15-16H,11-14H2,1-2H3,(H,22,25). The Morgan fingerprint density at radius 3 is 2.19 bits per heavy atom. The van der Waals surface area contributed by atoms with Crippen LogP contribution >= 0.6 is 0 Å². The third-order valence-electron chi connectivity index (χ3n) is 4.48. The topological polar surface area (TPSA) is 52.7 Å². The van der Waals surface area contributed by atoms with Gasteiger partial charge >= 0.3 is 0 Å². The van der Waals surface area contributed by atoms with Crippen LogP contribution in [0.25, 0.3) is 0 Å². The van der Waals surface area contributed by atoms with E-state index in [1.54, 1.807) is 24.3 Å². The van der Waals surface area contributed by atoms with E-state index in [-0.39, 0.29) is 17.9 Å². The van der Waals surface area contributed by atoms with Gasteiger partial charge in [0.15, 0.2) is 0 Å². The lowest BCUT2D eigenvalue weighted by Crippen LogP contribution is -2.48. The van der Waals surface area contributed by atoms with Crippen LogP contribution in [0.5, 0.6) is 0 Å². The molecule has 5 heteroatoms. The van der Waals surface area contributed by atoms with Crippen molar-refractivity contribution in [2.24, 2.45) is 0 Å². The van der Waals surface area contributed by atoms with Gasteiger partial charge in [0.25, 0.3) is 11.8 Å². The monoisotopic (exact) mass is 351 g/mol. The second-order valence-electron chi connectivity index (χ2n) is 6.82. The molecule has 26 heavy (non-hydrogen) atoms. The molecule has 1 N–H and O–H groups in total. The van der Waals surface area contributed by atoms with Crippen molar-refractivity contribution < 1.29 is 9.59 Å². The average molecular weight is 351 g/mol. The van der Waals surface area contributed by atoms with Crippen LogP contribution in [0.1, 0.15) is 34.6 Å². The number of carbonyl (C=O) groups is 2. The molecule has 2 amide bonds. The molecule has 0 unspecified atom stereocenters. The number of hydrogen-bond donors (Lipinski definition) is 1. The summed E-state index contributed by atoms with van der Waals surface area (Å²) < 4.78 is 0. The minimum atomic E-state index is -0.149. The molecular formula is C21H25N3O2. The molecular weight excluding hydrogens is 326 g/mol. The number of nitrogens with one attached hydrogen (secondary N) is 1. The predicted molar refractivity (Wildman–Crippen MR) is 104 cm³/mol. The fraction of sp³-hybridized carbons (Fsp3) is 0.333. The highest BCUT2D eigenvalue weighted by atomic mass is 16.2. The molecule has 136 valence electrons. The van der Waals surface area contributed by atoms with Gasteiger partial charge in [0.2, 0.25) is 0 Å². The van der Waals surface area contributed by atoms with Crippen molar-refractivity contribution in [1.82, 2.24) is 10.2 Å². The minimum Gasteiger partial charge on any atom is -0.368 e. The first-order valence-electron chi connectivity index (χ1n) is 9.05. The van der Waals surface area contributed by atoms with Crippen molar-refractivity contribution in [3.8, 4) is 0 Å². The molecule has 0 spiro atoms. The highest BCUT2D eigenvalue weighted by Crippen LogP contribution is 2.17. The van der Waals surface area contributed by atoms with Crippen molar-refractivity contribution in [3.63, 3.8) is 0 Å². The first-order chi connectivity index (χ1) is 12.5. The van der Waals surface area contributed by atoms with Crippen LogP contribution in [0.4, 0.5) is 5.69 Å². The lowest BCUT2D eigenvalue weighted by Gasteiger charge is -2.36. The Morgan fingerprint density at radius 1 is 0.885 bits per heavy atom. The van der Waals surface area contributed by atoms with Crippen LogP contribution in [0.3, 0.4) is 0 Å². The predicted octanol–water partition coefficient (Wildman–Crippen LogP) is 2.79. The Hall–Kier alpha value is -2.82. The van der Waals surface area contributed by atoms with E-state index < -0.39 is 0 Å². The van der Waals surface area contributed by atoms with E-state index in [4.69, 9.17) is 0 Å². The normalized spacial score (nSPS) is 14.4. The van der Waals surface area contributed by atoms with Gasteiger partial charge in [0.1, 0.15) is 0 Å². The lowest BCUT2D eigenvalue weighted by molar-refractivity contribution is 0.0747. The summed E-state index contributed by atoms with van der Waals surface area (Å²) in [5.74, 6) is -0.166. The van der Waals surface area contributed by atoms with Crippen molar-refractivity contribution in [3.05, 3.63) is 65.7 Å². The van der Waals surface area contributed by atoms with Gasteiger partial charge in [-0.25, -0.2) is 0 Å². The zero-order valence-electron chi connectivity index (χ0n) is 15.3. The minimum absolute atomic E-state index is 0.0168. The fourth-order valence-electron chi connectivity index (χ4n) is 3.13. The second-order valence-corrected chi connectivity index (χ2v) is 6.82. The Kier molecular flexibility index (Phi) is 5.56. The van der Waals surface area contributed by atoms with Crippen LogP contribution in [-0.4, -0.2) is 48.9 Å². The molecule has 2 aromatic rings. The molecule has 0 atom stereocenters. The second kappa shape index (κ2) is 8.04. The molecule has 2 aromatic carbocycles. The number of anilines is 1. The van der Waals surface area contributed by atoms with Gasteiger partial charge in [0, 0.05) is 49.0 Å². The Balaban J connectivity index is 1.64. The van der Waals surface area contributed by atoms with Gasteiger partial charge in [-0.1, -0.05) is 24.3 Å². The number of hydrogen-bond acceptors (Lipinski definition) is 3. The third-order valence-corrected chi connectivity index (χ3v) is 4.48. The Bertz CT molecular complexity index is 766. The molecule has 5 nitrogen and oxygen atoms in total. The summed E-state index contributed by atoms with van der Waals surface area (Å²) in [6.07, 6.45) is 0. The maximum absolute atomic E-state index is 12.8. The van der Waals surface area contributed by atoms with Crippen molar-refractivity contribution in [2.45, 2.75) is 19.9 Å². The number of carbonyl (C=O) groups excluding carboxylic acids is 2. The molecule has 1 aliphatic heterocycles. The maximum atomic E-state index is 12.8. The number of rotatable bonds is 4. The van der Waals surface area contributed by atoms with E-state index >= 15 is 0 Å². The first kappa shape index (κ1) is 18.0. The van der Waals surface area contributed by atoms with Crippen LogP contribution in [0.2, 0.25) is 0 Å². The van der Waals surface area contributed by atoms with Crippen molar-refractivity contribution >= 4 is 17.5 Å². The summed E-state index contributed by atoms with van der Waals surface area (Å²) in [5, 5.41) is 2.86. The molecule has 0 bridgehead atoms. The van der Waals surface area contributed by atoms with E-state index in [0.29, 0.717) is 24.2 Å². The summed E-state index contributed by atoms with van der Waals surface area (Å²) in [4.78, 5) is 29.1. The molecule has 0 aromatic heterocycles. The van der Waals surface area contributed by atoms with Gasteiger partial charge < -0.3 is 15.1 Å². The van der Waals surface area contributed by atoms with Crippen LogP contribution in [0.15, 0.2) is 54.6 Å². The average Bonchev–Trinajstić information content (AvgIpc) is 2.68. The zero-order valence-corrected chi connectivity index (χ0v) is 15.3. The molecule has 1 aliphatic rings. The molecule has 3 rings (SSSR count). The summed E-state index contributed by atoms with van der Waals surface area (Å²) >= 11 is 0. The van der Waals surface area contributed by atoms with Gasteiger partial charge in [0.05, 0.1) is 0 Å². The molecule has 1 heterocycles. The van der Waals surface area contributed by atoms with Gasteiger partial charge in [-0.2, -0.15) is 0 Å². The highest BCUT2D eigenvalue weighted by molar-refractivity contribution is 5.99. The van der Waals surface area contributed by atoms with Gasteiger partial charge in [-0.05, 0) is 44.2 Å². The van der Waals surface area contributed by atoms with Gasteiger partial charge in [-0.3, -0.25) is 9.59 Å². The number of para-hydroxylation sites is 1. The summed E-state index contributed by atoms with van der Waals surface area (Å²) in [7, 11) is 0. The zero-order chi connectivity index (χ0) is 18.5. The number of amides is 2. The van der Waals surface area contributed by atoms with Crippen LogP contribution in [-0.2, 0) is 0 Å². The number of piperazine rings is 1. The Morgan fingerprint density at radius 2 is 1.54 bits per heavy atom. The van der Waals surface area contributed by atoms with Crippen molar-refractivity contribution in [1.29, 1.82) is 0 Å². The lowest BCUT2D eigenvalue weighted by atomic mass is 10.1. The van der Waals surface area contributed by atoms with E-state index in [1.807, 2.05) is 36.9 Å². The highest BCUT2D eigenvalue weighted by Gasteiger charge is 2.22. The largest absolute Gasteiger partial charge is 0.368 e. The number of benzene rings is 2. The third kappa shape index (κ3) is 4.23. The van der Waals surface area contributed by atoms with Crippen LogP contribution < -0.4 is 10.2 Å². The smallest absolute Gasteiger partial charge is 0.253 e. The fourth-order valence-corrected chi connectivity index (χ4v) is 3.13. The van der Waals surface area contributed by atoms with E-state index in [2.05, 4.69) is 22.3 Å². The van der Waals surface area contributed by atoms with E-state index in [9.17, 15) is 9.59 Å². The van der Waals surface area contributed by atoms with E-state index in [1.165, 1.54) is 5.69 Å². The summed E-state index contributed by atoms with van der Waals surface area (Å²) in [6.45, 7) is 6.80. The van der Waals surface area contributed by atoms with Crippen molar-refractivity contribution in [2.75, 3.05) is 31.1 Å². The maximum Gasteiger partial charge on any atom is 0.253 e. The summed E-state index contributed by atoms with van der Waals surface area (Å²) in [6, 6.07) is 17.3. The number of nitrogens with zero attached hydrogens (tertiary/aromatic N) is 2. The molecule has 1 saturated heterocycles. The Labute approximate surface area is 154 Å². The molecule has 1 fully saturated rings. The molecule has 0 saturated carbocycles.